The first-order valence-electron chi connectivity index (χ1n) is 4.18. The standard InChI is InChI=1S/C8H17NO2/c1-3-5-7(10)9-8(11)6-4-2/h7,10H,3-6H2,1-2H3,(H,9,11). The van der Waals surface area contributed by atoms with Crippen LogP contribution in [0, 0.1) is 0 Å². The zero-order valence-corrected chi connectivity index (χ0v) is 7.26. The van der Waals surface area contributed by atoms with E-state index in [0.717, 1.165) is 12.8 Å². The van der Waals surface area contributed by atoms with E-state index in [0.29, 0.717) is 12.8 Å². The van der Waals surface area contributed by atoms with Crippen molar-refractivity contribution in [3.63, 3.8) is 0 Å². The Bertz CT molecular complexity index is 115. The summed E-state index contributed by atoms with van der Waals surface area (Å²) < 4.78 is 0. The Kier molecular flexibility index (Phi) is 5.84. The number of rotatable bonds is 5. The Morgan fingerprint density at radius 1 is 1.45 bits per heavy atom. The van der Waals surface area contributed by atoms with Crippen LogP contribution in [0.2, 0.25) is 0 Å². The molecular weight excluding hydrogens is 142 g/mol. The van der Waals surface area contributed by atoms with E-state index in [1.54, 1.807) is 0 Å². The third kappa shape index (κ3) is 5.85. The fraction of sp³-hybridized carbons (Fsp3) is 0.875. The van der Waals surface area contributed by atoms with Gasteiger partial charge < -0.3 is 10.4 Å². The van der Waals surface area contributed by atoms with Gasteiger partial charge in [0.05, 0.1) is 0 Å². The number of hydrogen-bond acceptors (Lipinski definition) is 2. The molecule has 0 rings (SSSR count). The zero-order valence-electron chi connectivity index (χ0n) is 7.26. The number of hydrogen-bond donors (Lipinski definition) is 2. The van der Waals surface area contributed by atoms with Crippen molar-refractivity contribution >= 4 is 5.91 Å². The topological polar surface area (TPSA) is 49.3 Å². The van der Waals surface area contributed by atoms with Crippen molar-refractivity contribution in [3.8, 4) is 0 Å². The summed E-state index contributed by atoms with van der Waals surface area (Å²) in [5.74, 6) is -0.0616. The van der Waals surface area contributed by atoms with Crippen LogP contribution in [-0.4, -0.2) is 17.2 Å². The minimum atomic E-state index is -0.654. The van der Waals surface area contributed by atoms with Gasteiger partial charge in [0.25, 0.3) is 0 Å². The summed E-state index contributed by atoms with van der Waals surface area (Å²) in [6, 6.07) is 0. The number of carbonyl (C=O) groups excluding carboxylic acids is 1. The van der Waals surface area contributed by atoms with Gasteiger partial charge in [-0.25, -0.2) is 0 Å². The summed E-state index contributed by atoms with van der Waals surface area (Å²) in [5, 5.41) is 11.6. The van der Waals surface area contributed by atoms with Crippen molar-refractivity contribution in [3.05, 3.63) is 0 Å². The van der Waals surface area contributed by atoms with E-state index in [1.165, 1.54) is 0 Å². The Balaban J connectivity index is 3.40. The summed E-state index contributed by atoms with van der Waals surface area (Å²) in [7, 11) is 0. The highest BCUT2D eigenvalue weighted by Gasteiger charge is 2.05. The molecule has 0 aromatic heterocycles. The third-order valence-electron chi connectivity index (χ3n) is 1.37. The van der Waals surface area contributed by atoms with Crippen molar-refractivity contribution in [1.82, 2.24) is 5.32 Å². The summed E-state index contributed by atoms with van der Waals surface area (Å²) >= 11 is 0. The van der Waals surface area contributed by atoms with Gasteiger partial charge in [-0.05, 0) is 12.8 Å². The van der Waals surface area contributed by atoms with E-state index >= 15 is 0 Å². The lowest BCUT2D eigenvalue weighted by molar-refractivity contribution is -0.124. The molecule has 0 radical (unpaired) electrons. The SMILES string of the molecule is CCCC(=O)NC(O)CCC. The highest BCUT2D eigenvalue weighted by Crippen LogP contribution is 1.93. The van der Waals surface area contributed by atoms with Crippen molar-refractivity contribution in [2.45, 2.75) is 45.8 Å². The first-order valence-corrected chi connectivity index (χ1v) is 4.18. The highest BCUT2D eigenvalue weighted by molar-refractivity contribution is 5.75. The van der Waals surface area contributed by atoms with Crippen molar-refractivity contribution in [1.29, 1.82) is 0 Å². The molecule has 0 heterocycles. The van der Waals surface area contributed by atoms with Crippen LogP contribution in [-0.2, 0) is 4.79 Å². The van der Waals surface area contributed by atoms with Gasteiger partial charge >= 0.3 is 0 Å². The lowest BCUT2D eigenvalue weighted by atomic mass is 10.3. The van der Waals surface area contributed by atoms with Crippen molar-refractivity contribution in [2.24, 2.45) is 0 Å². The Morgan fingerprint density at radius 2 is 2.09 bits per heavy atom. The average molecular weight is 159 g/mol. The van der Waals surface area contributed by atoms with E-state index in [2.05, 4.69) is 5.32 Å². The highest BCUT2D eigenvalue weighted by atomic mass is 16.3. The predicted octanol–water partition coefficient (Wildman–Crippen LogP) is 1.02. The fourth-order valence-electron chi connectivity index (χ4n) is 0.831. The first-order chi connectivity index (χ1) is 5.20. The quantitative estimate of drug-likeness (QED) is 0.588. The van der Waals surface area contributed by atoms with E-state index in [-0.39, 0.29) is 5.91 Å². The molecule has 11 heavy (non-hydrogen) atoms. The molecule has 0 aromatic carbocycles. The molecule has 0 aliphatic rings. The van der Waals surface area contributed by atoms with Crippen LogP contribution in [0.4, 0.5) is 0 Å². The van der Waals surface area contributed by atoms with Crippen LogP contribution in [0.25, 0.3) is 0 Å². The van der Waals surface area contributed by atoms with Crippen molar-refractivity contribution in [2.75, 3.05) is 0 Å². The molecule has 0 saturated heterocycles. The number of aliphatic hydroxyl groups is 1. The Morgan fingerprint density at radius 3 is 2.55 bits per heavy atom. The molecule has 2 N–H and O–H groups in total. The molecule has 0 fully saturated rings. The van der Waals surface area contributed by atoms with Gasteiger partial charge in [0.1, 0.15) is 6.23 Å². The summed E-state index contributed by atoms with van der Waals surface area (Å²) in [6.45, 7) is 3.90. The van der Waals surface area contributed by atoms with Gasteiger partial charge in [-0.15, -0.1) is 0 Å². The van der Waals surface area contributed by atoms with Gasteiger partial charge in [-0.2, -0.15) is 0 Å². The molecule has 0 spiro atoms. The smallest absolute Gasteiger partial charge is 0.221 e. The number of aliphatic hydroxyl groups excluding tert-OH is 1. The van der Waals surface area contributed by atoms with Gasteiger partial charge in [-0.1, -0.05) is 20.3 Å². The van der Waals surface area contributed by atoms with Gasteiger partial charge in [0, 0.05) is 6.42 Å². The second kappa shape index (κ2) is 6.16. The van der Waals surface area contributed by atoms with Crippen LogP contribution < -0.4 is 5.32 Å². The molecule has 0 saturated carbocycles. The van der Waals surface area contributed by atoms with Crippen LogP contribution in [0.15, 0.2) is 0 Å². The fourth-order valence-corrected chi connectivity index (χ4v) is 0.831. The predicted molar refractivity (Wildman–Crippen MR) is 44.0 cm³/mol. The molecule has 0 aliphatic carbocycles. The second-order valence-corrected chi connectivity index (χ2v) is 2.62. The van der Waals surface area contributed by atoms with Gasteiger partial charge in [0.15, 0.2) is 0 Å². The molecule has 0 aliphatic heterocycles. The second-order valence-electron chi connectivity index (χ2n) is 2.62. The normalized spacial score (nSPS) is 12.6. The summed E-state index contributed by atoms with van der Waals surface area (Å²) in [5.41, 5.74) is 0. The molecule has 3 nitrogen and oxygen atoms in total. The molecule has 0 bridgehead atoms. The first kappa shape index (κ1) is 10.4. The zero-order chi connectivity index (χ0) is 8.69. The largest absolute Gasteiger partial charge is 0.374 e. The molecule has 1 unspecified atom stereocenters. The van der Waals surface area contributed by atoms with E-state index in [4.69, 9.17) is 5.11 Å². The van der Waals surface area contributed by atoms with Crippen LogP contribution in [0.1, 0.15) is 39.5 Å². The summed E-state index contributed by atoms with van der Waals surface area (Å²) in [4.78, 5) is 10.9. The molecular formula is C8H17NO2. The number of carbonyl (C=O) groups is 1. The van der Waals surface area contributed by atoms with E-state index < -0.39 is 6.23 Å². The Hall–Kier alpha value is -0.570. The van der Waals surface area contributed by atoms with Crippen LogP contribution >= 0.6 is 0 Å². The minimum Gasteiger partial charge on any atom is -0.374 e. The average Bonchev–Trinajstić information content (AvgIpc) is 1.87. The maximum Gasteiger partial charge on any atom is 0.221 e. The number of amides is 1. The van der Waals surface area contributed by atoms with E-state index in [9.17, 15) is 4.79 Å². The lowest BCUT2D eigenvalue weighted by Gasteiger charge is -2.10. The van der Waals surface area contributed by atoms with Gasteiger partial charge in [-0.3, -0.25) is 4.79 Å². The molecule has 3 heteroatoms. The van der Waals surface area contributed by atoms with Crippen LogP contribution in [0.3, 0.4) is 0 Å². The molecule has 1 amide bonds. The monoisotopic (exact) mass is 159 g/mol. The van der Waals surface area contributed by atoms with Gasteiger partial charge in [0.2, 0.25) is 5.91 Å². The molecule has 1 atom stereocenters. The molecule has 0 aromatic rings. The third-order valence-corrected chi connectivity index (χ3v) is 1.37. The maximum absolute atomic E-state index is 10.9. The van der Waals surface area contributed by atoms with E-state index in [1.807, 2.05) is 13.8 Å². The van der Waals surface area contributed by atoms with Crippen LogP contribution in [0.5, 0.6) is 0 Å². The Labute approximate surface area is 67.8 Å². The maximum atomic E-state index is 10.9. The lowest BCUT2D eigenvalue weighted by Crippen LogP contribution is -2.34. The number of nitrogens with one attached hydrogen (secondary N) is 1. The molecule has 66 valence electrons. The minimum absolute atomic E-state index is 0.0616. The van der Waals surface area contributed by atoms with Crippen molar-refractivity contribution < 1.29 is 9.90 Å². The summed E-state index contributed by atoms with van der Waals surface area (Å²) in [6.07, 6.45) is 2.19.